The van der Waals surface area contributed by atoms with Gasteiger partial charge >= 0.3 is 5.69 Å². The fourth-order valence-electron chi connectivity index (χ4n) is 1.63. The lowest BCUT2D eigenvalue weighted by Crippen LogP contribution is -1.99. The Morgan fingerprint density at radius 3 is 2.70 bits per heavy atom. The third kappa shape index (κ3) is 2.90. The first-order chi connectivity index (χ1) is 9.61. The summed E-state index contributed by atoms with van der Waals surface area (Å²) in [6.07, 6.45) is 0. The molecule has 0 atom stereocenters. The van der Waals surface area contributed by atoms with Crippen LogP contribution >= 0.6 is 0 Å². The highest BCUT2D eigenvalue weighted by Gasteiger charge is 2.14. The number of hydrogen-bond acceptors (Lipinski definition) is 4. The molecule has 6 heteroatoms. The van der Waals surface area contributed by atoms with Crippen molar-refractivity contribution in [1.29, 1.82) is 5.26 Å². The molecule has 5 nitrogen and oxygen atoms in total. The van der Waals surface area contributed by atoms with Crippen molar-refractivity contribution in [2.75, 3.05) is 0 Å². The molecule has 2 aromatic rings. The molecule has 20 heavy (non-hydrogen) atoms. The highest BCUT2D eigenvalue weighted by molar-refractivity contribution is 5.42. The van der Waals surface area contributed by atoms with Gasteiger partial charge in [-0.1, -0.05) is 12.1 Å². The first-order valence-corrected chi connectivity index (χ1v) is 5.66. The number of hydrogen-bond donors (Lipinski definition) is 0. The van der Waals surface area contributed by atoms with Crippen molar-refractivity contribution in [2.24, 2.45) is 0 Å². The van der Waals surface area contributed by atoms with Crippen molar-refractivity contribution in [3.8, 4) is 11.8 Å². The summed E-state index contributed by atoms with van der Waals surface area (Å²) in [6.45, 7) is 0.0214. The summed E-state index contributed by atoms with van der Waals surface area (Å²) < 4.78 is 18.8. The van der Waals surface area contributed by atoms with Crippen molar-refractivity contribution in [3.63, 3.8) is 0 Å². The van der Waals surface area contributed by atoms with Gasteiger partial charge in [0.25, 0.3) is 0 Å². The smallest absolute Gasteiger partial charge is 0.304 e. The van der Waals surface area contributed by atoms with Crippen molar-refractivity contribution < 1.29 is 14.1 Å². The summed E-state index contributed by atoms with van der Waals surface area (Å²) in [5.74, 6) is -0.529. The normalized spacial score (nSPS) is 9.80. The van der Waals surface area contributed by atoms with Gasteiger partial charge in [-0.2, -0.15) is 9.65 Å². The van der Waals surface area contributed by atoms with Crippen molar-refractivity contribution >= 4 is 5.69 Å². The number of nitro benzene ring substituents is 1. The van der Waals surface area contributed by atoms with E-state index in [1.807, 2.05) is 6.07 Å². The van der Waals surface area contributed by atoms with Crippen LogP contribution in [0.2, 0.25) is 0 Å². The molecule has 0 aliphatic carbocycles. The molecule has 0 saturated carbocycles. The van der Waals surface area contributed by atoms with E-state index in [2.05, 4.69) is 0 Å². The largest absolute Gasteiger partial charge is 0.488 e. The van der Waals surface area contributed by atoms with Crippen LogP contribution in [0.5, 0.6) is 5.75 Å². The predicted octanol–water partition coefficient (Wildman–Crippen LogP) is 3.18. The molecule has 0 bridgehead atoms. The van der Waals surface area contributed by atoms with Gasteiger partial charge in [0.2, 0.25) is 5.82 Å². The molecule has 0 N–H and O–H groups in total. The molecule has 0 heterocycles. The van der Waals surface area contributed by atoms with Gasteiger partial charge in [0.1, 0.15) is 18.4 Å². The van der Waals surface area contributed by atoms with E-state index in [1.54, 1.807) is 24.3 Å². The molecule has 0 fully saturated rings. The van der Waals surface area contributed by atoms with Gasteiger partial charge in [0.05, 0.1) is 10.5 Å². The predicted molar refractivity (Wildman–Crippen MR) is 68.5 cm³/mol. The van der Waals surface area contributed by atoms with Crippen molar-refractivity contribution in [3.05, 3.63) is 69.5 Å². The average Bonchev–Trinajstić information content (AvgIpc) is 2.45. The molecule has 0 amide bonds. The Labute approximate surface area is 114 Å². The topological polar surface area (TPSA) is 76.2 Å². The molecule has 0 spiro atoms. The molecule has 0 radical (unpaired) electrons. The second kappa shape index (κ2) is 5.80. The SMILES string of the molecule is N#Cc1ccccc1OCc1ccc([N+](=O)[O-])c(F)c1. The molecule has 0 aliphatic rings. The lowest BCUT2D eigenvalue weighted by atomic mass is 10.2. The van der Waals surface area contributed by atoms with Crippen LogP contribution in [0.15, 0.2) is 42.5 Å². The van der Waals surface area contributed by atoms with E-state index in [1.165, 1.54) is 6.07 Å². The third-order valence-electron chi connectivity index (χ3n) is 2.61. The minimum Gasteiger partial charge on any atom is -0.488 e. The number of nitro groups is 1. The Kier molecular flexibility index (Phi) is 3.91. The van der Waals surface area contributed by atoms with E-state index in [-0.39, 0.29) is 6.61 Å². The third-order valence-corrected chi connectivity index (χ3v) is 2.61. The first kappa shape index (κ1) is 13.5. The summed E-state index contributed by atoms with van der Waals surface area (Å²) in [5.41, 5.74) is 0.238. The Morgan fingerprint density at radius 1 is 1.30 bits per heavy atom. The number of nitriles is 1. The standard InChI is InChI=1S/C14H9FN2O3/c15-12-7-10(5-6-13(12)17(18)19)9-20-14-4-2-1-3-11(14)8-16/h1-7H,9H2. The lowest BCUT2D eigenvalue weighted by Gasteiger charge is -2.07. The zero-order valence-electron chi connectivity index (χ0n) is 10.2. The Balaban J connectivity index is 2.14. The van der Waals surface area contributed by atoms with Crippen LogP contribution in [0.4, 0.5) is 10.1 Å². The Morgan fingerprint density at radius 2 is 2.05 bits per heavy atom. The van der Waals surface area contributed by atoms with E-state index in [4.69, 9.17) is 10.00 Å². The Bertz CT molecular complexity index is 695. The fourth-order valence-corrected chi connectivity index (χ4v) is 1.63. The number of rotatable bonds is 4. The summed E-state index contributed by atoms with van der Waals surface area (Å²) >= 11 is 0. The van der Waals surface area contributed by atoms with E-state index < -0.39 is 16.4 Å². The molecule has 0 saturated heterocycles. The molecular weight excluding hydrogens is 263 g/mol. The number of halogens is 1. The summed E-state index contributed by atoms with van der Waals surface area (Å²) in [6, 6.07) is 12.2. The van der Waals surface area contributed by atoms with E-state index in [9.17, 15) is 14.5 Å². The maximum absolute atomic E-state index is 13.4. The van der Waals surface area contributed by atoms with Gasteiger partial charge in [-0.15, -0.1) is 0 Å². The highest BCUT2D eigenvalue weighted by atomic mass is 19.1. The van der Waals surface area contributed by atoms with Crippen molar-refractivity contribution in [2.45, 2.75) is 6.61 Å². The van der Waals surface area contributed by atoms with Gasteiger partial charge < -0.3 is 4.74 Å². The number of para-hydroxylation sites is 1. The molecule has 0 aliphatic heterocycles. The van der Waals surface area contributed by atoms with Crippen LogP contribution in [0.1, 0.15) is 11.1 Å². The van der Waals surface area contributed by atoms with Gasteiger partial charge in [0.15, 0.2) is 0 Å². The van der Waals surface area contributed by atoms with Gasteiger partial charge in [-0.3, -0.25) is 10.1 Å². The van der Waals surface area contributed by atoms with Crippen LogP contribution in [0, 0.1) is 27.3 Å². The van der Waals surface area contributed by atoms with E-state index in [0.717, 1.165) is 12.1 Å². The van der Waals surface area contributed by atoms with Crippen LogP contribution in [0.3, 0.4) is 0 Å². The first-order valence-electron chi connectivity index (χ1n) is 5.66. The molecule has 100 valence electrons. The molecular formula is C14H9FN2O3. The quantitative estimate of drug-likeness (QED) is 0.632. The van der Waals surface area contributed by atoms with Crippen LogP contribution in [0.25, 0.3) is 0 Å². The van der Waals surface area contributed by atoms with Crippen LogP contribution in [-0.4, -0.2) is 4.92 Å². The second-order valence-corrected chi connectivity index (χ2v) is 3.94. The van der Waals surface area contributed by atoms with Gasteiger partial charge in [-0.25, -0.2) is 0 Å². The Hall–Kier alpha value is -2.94. The maximum Gasteiger partial charge on any atom is 0.304 e. The minimum absolute atomic E-state index is 0.0214. The summed E-state index contributed by atoms with van der Waals surface area (Å²) in [5, 5.41) is 19.4. The number of benzene rings is 2. The number of nitrogens with zero attached hydrogens (tertiary/aromatic N) is 2. The minimum atomic E-state index is -0.912. The molecule has 0 unspecified atom stereocenters. The lowest BCUT2D eigenvalue weighted by molar-refractivity contribution is -0.387. The summed E-state index contributed by atoms with van der Waals surface area (Å²) in [7, 11) is 0. The zero-order chi connectivity index (χ0) is 14.5. The highest BCUT2D eigenvalue weighted by Crippen LogP contribution is 2.21. The van der Waals surface area contributed by atoms with E-state index >= 15 is 0 Å². The second-order valence-electron chi connectivity index (χ2n) is 3.94. The van der Waals surface area contributed by atoms with Crippen LogP contribution in [-0.2, 0) is 6.61 Å². The number of ether oxygens (including phenoxy) is 1. The van der Waals surface area contributed by atoms with Gasteiger partial charge in [0, 0.05) is 6.07 Å². The average molecular weight is 272 g/mol. The van der Waals surface area contributed by atoms with Gasteiger partial charge in [-0.05, 0) is 29.8 Å². The molecule has 2 aromatic carbocycles. The molecule has 2 rings (SSSR count). The molecule has 0 aromatic heterocycles. The summed E-state index contributed by atoms with van der Waals surface area (Å²) in [4.78, 5) is 9.71. The van der Waals surface area contributed by atoms with Crippen molar-refractivity contribution in [1.82, 2.24) is 0 Å². The monoisotopic (exact) mass is 272 g/mol. The van der Waals surface area contributed by atoms with E-state index in [0.29, 0.717) is 16.9 Å². The zero-order valence-corrected chi connectivity index (χ0v) is 10.2. The van der Waals surface area contributed by atoms with Crippen LogP contribution < -0.4 is 4.74 Å². The maximum atomic E-state index is 13.4. The fraction of sp³-hybridized carbons (Fsp3) is 0.0714.